The first-order valence-corrected chi connectivity index (χ1v) is 2.54. The maximum Gasteiger partial charge on any atom is 0.0188 e. The molecule has 0 aromatic rings. The molecule has 0 spiro atoms. The summed E-state index contributed by atoms with van der Waals surface area (Å²) in [5, 5.41) is 2.93. The molecule has 0 saturated heterocycles. The third-order valence-electron chi connectivity index (χ3n) is 0.483. The Kier molecular flexibility index (Phi) is 21.0. The van der Waals surface area contributed by atoms with Gasteiger partial charge in [0.05, 0.1) is 0 Å². The van der Waals surface area contributed by atoms with Crippen LogP contribution in [-0.4, -0.2) is 20.3 Å². The van der Waals surface area contributed by atoms with Gasteiger partial charge in [-0.3, -0.25) is 4.99 Å². The van der Waals surface area contributed by atoms with Gasteiger partial charge >= 0.3 is 0 Å². The maximum absolute atomic E-state index is 3.25. The number of hydrogen-bond donors (Lipinski definition) is 1. The molecule has 0 unspecified atom stereocenters. The average Bonchev–Trinajstić information content (AvgIpc) is 1.88. The second kappa shape index (κ2) is 16.2. The monoisotopic (exact) mass is 114 g/mol. The van der Waals surface area contributed by atoms with Crippen LogP contribution < -0.4 is 5.32 Å². The molecule has 48 valence electrons. The van der Waals surface area contributed by atoms with Crippen LogP contribution in [0.3, 0.4) is 0 Å². The molecule has 2 nitrogen and oxygen atoms in total. The highest BCUT2D eigenvalue weighted by molar-refractivity contribution is 5.24. The first kappa shape index (κ1) is 10.4. The Morgan fingerprint density at radius 3 is 2.00 bits per heavy atom. The zero-order chi connectivity index (χ0) is 6.83. The summed E-state index contributed by atoms with van der Waals surface area (Å²) < 4.78 is 0. The van der Waals surface area contributed by atoms with Gasteiger partial charge in [0.1, 0.15) is 0 Å². The van der Waals surface area contributed by atoms with E-state index in [1.807, 2.05) is 7.05 Å². The van der Waals surface area contributed by atoms with Crippen molar-refractivity contribution in [1.29, 1.82) is 0 Å². The van der Waals surface area contributed by atoms with Gasteiger partial charge in [0.25, 0.3) is 0 Å². The van der Waals surface area contributed by atoms with Crippen molar-refractivity contribution in [3.8, 4) is 0 Å². The number of nitrogens with zero attached hydrogens (tertiary/aromatic N) is 1. The summed E-state index contributed by atoms with van der Waals surface area (Å²) in [6.07, 6.45) is 1.39. The van der Waals surface area contributed by atoms with E-state index in [4.69, 9.17) is 0 Å². The van der Waals surface area contributed by atoms with Crippen molar-refractivity contribution in [3.05, 3.63) is 12.8 Å². The quantitative estimate of drug-likeness (QED) is 0.533. The van der Waals surface area contributed by atoms with E-state index in [-0.39, 0.29) is 0 Å². The Balaban J connectivity index is 0. The van der Waals surface area contributed by atoms with Crippen molar-refractivity contribution < 1.29 is 0 Å². The Bertz CT molecular complexity index is 42.5. The van der Waals surface area contributed by atoms with Crippen LogP contribution in [0.1, 0.15) is 6.92 Å². The van der Waals surface area contributed by atoms with Gasteiger partial charge < -0.3 is 5.32 Å². The van der Waals surface area contributed by atoms with Gasteiger partial charge in [-0.15, -0.1) is 0 Å². The van der Waals surface area contributed by atoms with E-state index < -0.39 is 0 Å². The minimum Gasteiger partial charge on any atom is -0.320 e. The van der Waals surface area contributed by atoms with E-state index in [9.17, 15) is 0 Å². The first-order chi connectivity index (χ1) is 3.83. The van der Waals surface area contributed by atoms with Crippen LogP contribution in [0.2, 0.25) is 0 Å². The first-order valence-electron chi connectivity index (χ1n) is 2.54. The topological polar surface area (TPSA) is 24.4 Å². The minimum atomic E-state index is 1.07. The van der Waals surface area contributed by atoms with E-state index >= 15 is 0 Å². The SMILES string of the molecule is C=CN=C.CCNC. The summed E-state index contributed by atoms with van der Waals surface area (Å²) in [5.41, 5.74) is 0. The highest BCUT2D eigenvalue weighted by Gasteiger charge is 1.50. The van der Waals surface area contributed by atoms with Crippen LogP contribution >= 0.6 is 0 Å². The lowest BCUT2D eigenvalue weighted by molar-refractivity contribution is 0.864. The lowest BCUT2D eigenvalue weighted by atomic mass is 10.8. The maximum atomic E-state index is 3.25. The molecule has 0 rings (SSSR count). The fourth-order valence-corrected chi connectivity index (χ4v) is 0. The van der Waals surface area contributed by atoms with Crippen molar-refractivity contribution in [1.82, 2.24) is 5.32 Å². The van der Waals surface area contributed by atoms with E-state index in [1.165, 1.54) is 6.20 Å². The summed E-state index contributed by atoms with van der Waals surface area (Å²) in [6, 6.07) is 0. The third-order valence-corrected chi connectivity index (χ3v) is 0.483. The van der Waals surface area contributed by atoms with Crippen LogP contribution in [0.15, 0.2) is 17.8 Å². The molecular formula is C6H14N2. The predicted molar refractivity (Wildman–Crippen MR) is 39.3 cm³/mol. The molecule has 0 fully saturated rings. The molecule has 0 heterocycles. The van der Waals surface area contributed by atoms with Gasteiger partial charge in [0.15, 0.2) is 0 Å². The average molecular weight is 114 g/mol. The molecule has 0 aliphatic carbocycles. The highest BCUT2D eigenvalue weighted by Crippen LogP contribution is 1.50. The van der Waals surface area contributed by atoms with Crippen LogP contribution in [-0.2, 0) is 0 Å². The number of rotatable bonds is 2. The van der Waals surface area contributed by atoms with Crippen LogP contribution in [0.4, 0.5) is 0 Å². The second-order valence-electron chi connectivity index (χ2n) is 1.07. The molecular weight excluding hydrogens is 100 g/mol. The van der Waals surface area contributed by atoms with Crippen molar-refractivity contribution in [2.45, 2.75) is 6.92 Å². The summed E-state index contributed by atoms with van der Waals surface area (Å²) in [5.74, 6) is 0. The summed E-state index contributed by atoms with van der Waals surface area (Å²) >= 11 is 0. The lowest BCUT2D eigenvalue weighted by Gasteiger charge is -1.76. The molecule has 0 radical (unpaired) electrons. The molecule has 0 amide bonds. The molecule has 0 aliphatic heterocycles. The summed E-state index contributed by atoms with van der Waals surface area (Å²) in [4.78, 5) is 3.25. The molecule has 0 saturated carbocycles. The molecule has 0 bridgehead atoms. The van der Waals surface area contributed by atoms with Gasteiger partial charge in [-0.25, -0.2) is 0 Å². The van der Waals surface area contributed by atoms with Gasteiger partial charge in [0, 0.05) is 6.20 Å². The van der Waals surface area contributed by atoms with Gasteiger partial charge in [-0.2, -0.15) is 0 Å². The van der Waals surface area contributed by atoms with Crippen molar-refractivity contribution in [3.63, 3.8) is 0 Å². The predicted octanol–water partition coefficient (Wildman–Crippen LogP) is 1.06. The highest BCUT2D eigenvalue weighted by atomic mass is 14.8. The van der Waals surface area contributed by atoms with Gasteiger partial charge in [-0.1, -0.05) is 13.5 Å². The largest absolute Gasteiger partial charge is 0.320 e. The lowest BCUT2D eigenvalue weighted by Crippen LogP contribution is -2.01. The van der Waals surface area contributed by atoms with Gasteiger partial charge in [0.2, 0.25) is 0 Å². The van der Waals surface area contributed by atoms with E-state index in [1.54, 1.807) is 0 Å². The van der Waals surface area contributed by atoms with Crippen LogP contribution in [0, 0.1) is 0 Å². The standard InChI is InChI=1S/C3H9N.C3H5N/c2*1-3-4-2/h4H,3H2,1-2H3;3H,1-2H2. The fraction of sp³-hybridized carbons (Fsp3) is 0.500. The number of hydrogen-bond acceptors (Lipinski definition) is 2. The zero-order valence-electron chi connectivity index (χ0n) is 5.65. The zero-order valence-corrected chi connectivity index (χ0v) is 5.65. The Labute approximate surface area is 51.3 Å². The molecule has 0 aromatic heterocycles. The van der Waals surface area contributed by atoms with E-state index in [2.05, 4.69) is 30.5 Å². The fourth-order valence-electron chi connectivity index (χ4n) is 0. The third kappa shape index (κ3) is 54.6. The Hall–Kier alpha value is -0.630. The Morgan fingerprint density at radius 1 is 1.75 bits per heavy atom. The normalized spacial score (nSPS) is 6.25. The molecule has 0 aromatic carbocycles. The number of nitrogens with one attached hydrogen (secondary N) is 1. The molecule has 8 heavy (non-hydrogen) atoms. The van der Waals surface area contributed by atoms with E-state index in [0.717, 1.165) is 6.54 Å². The van der Waals surface area contributed by atoms with Crippen molar-refractivity contribution in [2.24, 2.45) is 4.99 Å². The molecule has 0 atom stereocenters. The smallest absolute Gasteiger partial charge is 0.0188 e. The van der Waals surface area contributed by atoms with Crippen LogP contribution in [0.5, 0.6) is 0 Å². The van der Waals surface area contributed by atoms with E-state index in [0.29, 0.717) is 0 Å². The Morgan fingerprint density at radius 2 is 2.00 bits per heavy atom. The second-order valence-corrected chi connectivity index (χ2v) is 1.07. The molecule has 0 aliphatic rings. The molecule has 1 N–H and O–H groups in total. The molecule has 2 heteroatoms. The minimum absolute atomic E-state index is 1.07. The van der Waals surface area contributed by atoms with Crippen LogP contribution in [0.25, 0.3) is 0 Å². The van der Waals surface area contributed by atoms with Crippen molar-refractivity contribution in [2.75, 3.05) is 13.6 Å². The van der Waals surface area contributed by atoms with Gasteiger partial charge in [-0.05, 0) is 20.3 Å². The van der Waals surface area contributed by atoms with Crippen molar-refractivity contribution >= 4 is 6.72 Å². The summed E-state index contributed by atoms with van der Waals surface area (Å²) in [7, 11) is 1.93. The summed E-state index contributed by atoms with van der Waals surface area (Å²) in [6.45, 7) is 9.50. The number of aliphatic imine (C=N–C) groups is 1.